The Morgan fingerprint density at radius 3 is 2.00 bits per heavy atom. The highest BCUT2D eigenvalue weighted by atomic mass is 19.1. The molecule has 0 radical (unpaired) electrons. The molecule has 0 aliphatic heterocycles. The third-order valence-corrected chi connectivity index (χ3v) is 3.51. The summed E-state index contributed by atoms with van der Waals surface area (Å²) in [5, 5.41) is 10.3. The molecule has 0 aromatic heterocycles. The summed E-state index contributed by atoms with van der Waals surface area (Å²) in [4.78, 5) is 0. The van der Waals surface area contributed by atoms with Gasteiger partial charge in [-0.15, -0.1) is 0 Å². The summed E-state index contributed by atoms with van der Waals surface area (Å²) in [5.41, 5.74) is 3.27. The van der Waals surface area contributed by atoms with Gasteiger partial charge in [-0.1, -0.05) is 32.0 Å². The fraction of sp³-hybridized carbons (Fsp3) is 0.294. The van der Waals surface area contributed by atoms with E-state index in [9.17, 15) is 13.9 Å². The molecule has 1 N–H and O–H groups in total. The summed E-state index contributed by atoms with van der Waals surface area (Å²) in [7, 11) is 0. The Balaban J connectivity index is 2.39. The minimum absolute atomic E-state index is 0.230. The van der Waals surface area contributed by atoms with Gasteiger partial charge in [0.2, 0.25) is 0 Å². The molecule has 3 heteroatoms. The second kappa shape index (κ2) is 6.14. The number of hydrogen-bond acceptors (Lipinski definition) is 1. The van der Waals surface area contributed by atoms with Crippen LogP contribution in [0.15, 0.2) is 36.4 Å². The molecule has 0 saturated carbocycles. The zero-order chi connectivity index (χ0) is 14.7. The average Bonchev–Trinajstić information content (AvgIpc) is 2.44. The lowest BCUT2D eigenvalue weighted by atomic mass is 9.95. The Hall–Kier alpha value is -1.74. The van der Waals surface area contributed by atoms with E-state index in [4.69, 9.17) is 0 Å². The Morgan fingerprint density at radius 2 is 1.45 bits per heavy atom. The van der Waals surface area contributed by atoms with Crippen LogP contribution in [-0.4, -0.2) is 5.11 Å². The fourth-order valence-corrected chi connectivity index (χ4v) is 2.42. The molecule has 2 aromatic carbocycles. The maximum Gasteiger partial charge on any atom is 0.126 e. The Morgan fingerprint density at radius 1 is 0.850 bits per heavy atom. The Bertz CT molecular complexity index is 588. The lowest BCUT2D eigenvalue weighted by Gasteiger charge is -2.15. The van der Waals surface area contributed by atoms with Crippen LogP contribution in [0.1, 0.15) is 42.2 Å². The van der Waals surface area contributed by atoms with Crippen LogP contribution >= 0.6 is 0 Å². The van der Waals surface area contributed by atoms with Gasteiger partial charge in [0.05, 0.1) is 0 Å². The van der Waals surface area contributed by atoms with Gasteiger partial charge in [-0.2, -0.15) is 0 Å². The highest BCUT2D eigenvalue weighted by Gasteiger charge is 2.14. The molecule has 0 bridgehead atoms. The summed E-state index contributed by atoms with van der Waals surface area (Å²) >= 11 is 0. The van der Waals surface area contributed by atoms with Crippen molar-refractivity contribution < 1.29 is 13.9 Å². The summed E-state index contributed by atoms with van der Waals surface area (Å²) in [6.07, 6.45) is 0.770. The van der Waals surface area contributed by atoms with E-state index in [1.807, 2.05) is 25.1 Å². The van der Waals surface area contributed by atoms with Crippen LogP contribution in [0.25, 0.3) is 0 Å². The van der Waals surface area contributed by atoms with Crippen molar-refractivity contribution in [1.82, 2.24) is 0 Å². The van der Waals surface area contributed by atoms with Gasteiger partial charge in [0.15, 0.2) is 0 Å². The maximum absolute atomic E-state index is 13.2. The molecular weight excluding hydrogens is 258 g/mol. The van der Waals surface area contributed by atoms with Crippen molar-refractivity contribution in [2.24, 2.45) is 0 Å². The van der Waals surface area contributed by atoms with Gasteiger partial charge in [-0.05, 0) is 47.2 Å². The first-order chi connectivity index (χ1) is 9.55. The maximum atomic E-state index is 13.2. The minimum Gasteiger partial charge on any atom is -0.384 e. The first-order valence-electron chi connectivity index (χ1n) is 6.80. The van der Waals surface area contributed by atoms with E-state index >= 15 is 0 Å². The van der Waals surface area contributed by atoms with Crippen molar-refractivity contribution in [1.29, 1.82) is 0 Å². The van der Waals surface area contributed by atoms with Crippen molar-refractivity contribution in [3.8, 4) is 0 Å². The SMILES string of the molecule is CCc1ccc(C(O)c2cc(F)cc(F)c2)cc1CC. The molecule has 0 aliphatic rings. The number of aliphatic hydroxyl groups excluding tert-OH is 1. The van der Waals surface area contributed by atoms with Gasteiger partial charge in [-0.25, -0.2) is 8.78 Å². The molecule has 0 spiro atoms. The van der Waals surface area contributed by atoms with Crippen LogP contribution in [-0.2, 0) is 12.8 Å². The molecule has 1 atom stereocenters. The number of benzene rings is 2. The van der Waals surface area contributed by atoms with Gasteiger partial charge in [-0.3, -0.25) is 0 Å². The quantitative estimate of drug-likeness (QED) is 0.888. The van der Waals surface area contributed by atoms with Gasteiger partial charge in [0.1, 0.15) is 17.7 Å². The second-order valence-electron chi connectivity index (χ2n) is 4.84. The molecule has 0 amide bonds. The first-order valence-corrected chi connectivity index (χ1v) is 6.80. The molecular formula is C17H18F2O. The topological polar surface area (TPSA) is 20.2 Å². The Kier molecular flexibility index (Phi) is 4.50. The van der Waals surface area contributed by atoms with E-state index in [0.717, 1.165) is 36.6 Å². The van der Waals surface area contributed by atoms with Crippen molar-refractivity contribution in [2.75, 3.05) is 0 Å². The minimum atomic E-state index is -1.02. The van der Waals surface area contributed by atoms with Crippen LogP contribution in [0.4, 0.5) is 8.78 Å². The molecule has 1 unspecified atom stereocenters. The largest absolute Gasteiger partial charge is 0.384 e. The number of aryl methyl sites for hydroxylation is 2. The molecule has 2 rings (SSSR count). The van der Waals surface area contributed by atoms with E-state index < -0.39 is 17.7 Å². The monoisotopic (exact) mass is 276 g/mol. The number of halogens is 2. The van der Waals surface area contributed by atoms with Crippen LogP contribution in [0, 0.1) is 11.6 Å². The number of rotatable bonds is 4. The molecule has 0 saturated heterocycles. The van der Waals surface area contributed by atoms with Crippen LogP contribution < -0.4 is 0 Å². The van der Waals surface area contributed by atoms with E-state index in [-0.39, 0.29) is 5.56 Å². The smallest absolute Gasteiger partial charge is 0.126 e. The number of hydrogen-bond donors (Lipinski definition) is 1. The van der Waals surface area contributed by atoms with Crippen molar-refractivity contribution in [3.05, 3.63) is 70.3 Å². The average molecular weight is 276 g/mol. The van der Waals surface area contributed by atoms with Crippen molar-refractivity contribution >= 4 is 0 Å². The van der Waals surface area contributed by atoms with E-state index in [0.29, 0.717) is 5.56 Å². The molecule has 106 valence electrons. The summed E-state index contributed by atoms with van der Waals surface area (Å²) in [6.45, 7) is 4.12. The van der Waals surface area contributed by atoms with Crippen molar-refractivity contribution in [3.63, 3.8) is 0 Å². The zero-order valence-electron chi connectivity index (χ0n) is 11.7. The summed E-state index contributed by atoms with van der Waals surface area (Å²) < 4.78 is 26.4. The fourth-order valence-electron chi connectivity index (χ4n) is 2.42. The first kappa shape index (κ1) is 14.7. The third kappa shape index (κ3) is 3.05. The predicted molar refractivity (Wildman–Crippen MR) is 75.6 cm³/mol. The standard InChI is InChI=1S/C17H18F2O/c1-3-11-5-6-13(7-12(11)4-2)17(20)14-8-15(18)10-16(19)9-14/h5-10,17,20H,3-4H2,1-2H3. The predicted octanol–water partition coefficient (Wildman–Crippen LogP) is 4.17. The zero-order valence-corrected chi connectivity index (χ0v) is 11.7. The molecule has 0 fully saturated rings. The van der Waals surface area contributed by atoms with E-state index in [2.05, 4.69) is 6.92 Å². The van der Waals surface area contributed by atoms with Gasteiger partial charge in [0.25, 0.3) is 0 Å². The summed E-state index contributed by atoms with van der Waals surface area (Å²) in [6, 6.07) is 8.80. The lowest BCUT2D eigenvalue weighted by molar-refractivity contribution is 0.219. The van der Waals surface area contributed by atoms with Gasteiger partial charge in [0, 0.05) is 6.07 Å². The Labute approximate surface area is 117 Å². The highest BCUT2D eigenvalue weighted by molar-refractivity contribution is 5.37. The molecule has 1 nitrogen and oxygen atoms in total. The lowest BCUT2D eigenvalue weighted by Crippen LogP contribution is -2.03. The van der Waals surface area contributed by atoms with Crippen LogP contribution in [0.3, 0.4) is 0 Å². The highest BCUT2D eigenvalue weighted by Crippen LogP contribution is 2.26. The molecule has 20 heavy (non-hydrogen) atoms. The van der Waals surface area contributed by atoms with Crippen LogP contribution in [0.5, 0.6) is 0 Å². The molecule has 0 heterocycles. The third-order valence-electron chi connectivity index (χ3n) is 3.51. The summed E-state index contributed by atoms with van der Waals surface area (Å²) in [5.74, 6) is -1.36. The molecule has 0 aliphatic carbocycles. The van der Waals surface area contributed by atoms with E-state index in [1.165, 1.54) is 5.56 Å². The van der Waals surface area contributed by atoms with Gasteiger partial charge >= 0.3 is 0 Å². The second-order valence-corrected chi connectivity index (χ2v) is 4.84. The van der Waals surface area contributed by atoms with Crippen LogP contribution in [0.2, 0.25) is 0 Å². The van der Waals surface area contributed by atoms with Gasteiger partial charge < -0.3 is 5.11 Å². The van der Waals surface area contributed by atoms with E-state index in [1.54, 1.807) is 0 Å². The molecule has 2 aromatic rings. The normalized spacial score (nSPS) is 12.4. The van der Waals surface area contributed by atoms with Crippen molar-refractivity contribution in [2.45, 2.75) is 32.8 Å². The number of aliphatic hydroxyl groups is 1.